The van der Waals surface area contributed by atoms with Crippen molar-refractivity contribution in [3.63, 3.8) is 0 Å². The number of para-hydroxylation sites is 1. The summed E-state index contributed by atoms with van der Waals surface area (Å²) in [7, 11) is 1.88. The largest absolute Gasteiger partial charge is 0.488 e. The van der Waals surface area contributed by atoms with E-state index in [1.807, 2.05) is 36.2 Å². The Morgan fingerprint density at radius 2 is 1.95 bits per heavy atom. The Kier molecular flexibility index (Phi) is 4.98. The number of hydrogen-bond acceptors (Lipinski definition) is 3. The summed E-state index contributed by atoms with van der Waals surface area (Å²) in [4.78, 5) is 14.5. The number of benzene rings is 1. The van der Waals surface area contributed by atoms with Crippen molar-refractivity contribution in [2.24, 2.45) is 0 Å². The molecule has 0 spiro atoms. The molecule has 120 valence electrons. The molecule has 4 heteroatoms. The van der Waals surface area contributed by atoms with Crippen molar-refractivity contribution in [3.05, 3.63) is 29.8 Å². The Bertz CT molecular complexity index is 518. The smallest absolute Gasteiger partial charge is 0.257 e. The fraction of sp³-hybridized carbons (Fsp3) is 0.611. The van der Waals surface area contributed by atoms with Gasteiger partial charge >= 0.3 is 0 Å². The minimum atomic E-state index is 0.0662. The highest BCUT2D eigenvalue weighted by molar-refractivity contribution is 5.96. The van der Waals surface area contributed by atoms with E-state index < -0.39 is 0 Å². The van der Waals surface area contributed by atoms with Gasteiger partial charge in [-0.2, -0.15) is 0 Å². The summed E-state index contributed by atoms with van der Waals surface area (Å²) in [5, 5.41) is 3.67. The molecule has 1 N–H and O–H groups in total. The first kappa shape index (κ1) is 15.3. The quantitative estimate of drug-likeness (QED) is 0.801. The number of amides is 1. The predicted octanol–water partition coefficient (Wildman–Crippen LogP) is 2.83. The van der Waals surface area contributed by atoms with E-state index in [0.717, 1.165) is 38.1 Å². The SMILES string of the molecule is CN1CCCCN[C@@H]2CCCC[C@@H]2Oc2ccccc2C1=O. The lowest BCUT2D eigenvalue weighted by molar-refractivity contribution is 0.0763. The number of fused-ring (bicyclic) bond motifs is 2. The van der Waals surface area contributed by atoms with Gasteiger partial charge in [0.25, 0.3) is 5.91 Å². The minimum Gasteiger partial charge on any atom is -0.488 e. The van der Waals surface area contributed by atoms with Gasteiger partial charge in [-0.1, -0.05) is 18.6 Å². The molecule has 0 radical (unpaired) electrons. The van der Waals surface area contributed by atoms with Gasteiger partial charge < -0.3 is 15.0 Å². The number of nitrogens with zero attached hydrogens (tertiary/aromatic N) is 1. The Hall–Kier alpha value is -1.55. The second kappa shape index (κ2) is 7.14. The molecule has 1 heterocycles. The van der Waals surface area contributed by atoms with Gasteiger partial charge in [0.1, 0.15) is 11.9 Å². The fourth-order valence-electron chi connectivity index (χ4n) is 3.45. The molecule has 0 saturated heterocycles. The summed E-state index contributed by atoms with van der Waals surface area (Å²) in [5.41, 5.74) is 0.690. The zero-order chi connectivity index (χ0) is 15.4. The van der Waals surface area contributed by atoms with E-state index in [-0.39, 0.29) is 12.0 Å². The number of carbonyl (C=O) groups excluding carboxylic acids is 1. The van der Waals surface area contributed by atoms with Crippen molar-refractivity contribution in [1.29, 1.82) is 0 Å². The molecule has 2 atom stereocenters. The van der Waals surface area contributed by atoms with Gasteiger partial charge in [0.15, 0.2) is 0 Å². The van der Waals surface area contributed by atoms with E-state index in [4.69, 9.17) is 4.74 Å². The molecule has 0 unspecified atom stereocenters. The van der Waals surface area contributed by atoms with Gasteiger partial charge in [-0.3, -0.25) is 4.79 Å². The maximum atomic E-state index is 12.6. The highest BCUT2D eigenvalue weighted by Gasteiger charge is 2.28. The van der Waals surface area contributed by atoms with Crippen LogP contribution in [0.3, 0.4) is 0 Å². The Morgan fingerprint density at radius 3 is 2.86 bits per heavy atom. The van der Waals surface area contributed by atoms with Gasteiger partial charge in [-0.15, -0.1) is 0 Å². The third kappa shape index (κ3) is 3.43. The zero-order valence-corrected chi connectivity index (χ0v) is 13.4. The molecule has 1 amide bonds. The van der Waals surface area contributed by atoms with Crippen LogP contribution in [0.5, 0.6) is 5.75 Å². The van der Waals surface area contributed by atoms with Crippen LogP contribution in [-0.2, 0) is 0 Å². The standard InChI is InChI=1S/C18H26N2O2/c1-20-13-7-6-12-19-15-9-3-5-11-17(15)22-16-10-4-2-8-14(16)18(20)21/h2,4,8,10,15,17,19H,3,5-7,9,11-13H2,1H3/t15-,17+/m1/s1. The first-order valence-electron chi connectivity index (χ1n) is 8.50. The van der Waals surface area contributed by atoms with Gasteiger partial charge in [0.05, 0.1) is 5.56 Å². The summed E-state index contributed by atoms with van der Waals surface area (Å²) in [5.74, 6) is 0.801. The predicted molar refractivity (Wildman–Crippen MR) is 87.3 cm³/mol. The molecule has 1 aromatic carbocycles. The molecule has 1 saturated carbocycles. The van der Waals surface area contributed by atoms with E-state index in [0.29, 0.717) is 11.6 Å². The van der Waals surface area contributed by atoms with Crippen LogP contribution in [0.25, 0.3) is 0 Å². The molecule has 3 rings (SSSR count). The van der Waals surface area contributed by atoms with Crippen molar-refractivity contribution in [1.82, 2.24) is 10.2 Å². The molecule has 4 nitrogen and oxygen atoms in total. The molecular weight excluding hydrogens is 276 g/mol. The number of rotatable bonds is 0. The third-order valence-electron chi connectivity index (χ3n) is 4.77. The van der Waals surface area contributed by atoms with Crippen molar-refractivity contribution >= 4 is 5.91 Å². The molecule has 2 aliphatic rings. The third-order valence-corrected chi connectivity index (χ3v) is 4.77. The molecule has 1 aromatic rings. The summed E-state index contributed by atoms with van der Waals surface area (Å²) >= 11 is 0. The van der Waals surface area contributed by atoms with E-state index in [1.165, 1.54) is 19.3 Å². The van der Waals surface area contributed by atoms with Gasteiger partial charge in [0.2, 0.25) is 0 Å². The van der Waals surface area contributed by atoms with Crippen molar-refractivity contribution in [2.75, 3.05) is 20.1 Å². The molecule has 1 fully saturated rings. The first-order valence-corrected chi connectivity index (χ1v) is 8.50. The first-order chi connectivity index (χ1) is 10.8. The van der Waals surface area contributed by atoms with E-state index in [9.17, 15) is 4.79 Å². The lowest BCUT2D eigenvalue weighted by Gasteiger charge is -2.34. The van der Waals surface area contributed by atoms with Crippen LogP contribution in [0.4, 0.5) is 0 Å². The molecule has 1 aliphatic carbocycles. The van der Waals surface area contributed by atoms with E-state index in [1.54, 1.807) is 0 Å². The normalized spacial score (nSPS) is 27.0. The maximum absolute atomic E-state index is 12.6. The van der Waals surface area contributed by atoms with Crippen LogP contribution < -0.4 is 10.1 Å². The van der Waals surface area contributed by atoms with Gasteiger partial charge in [-0.25, -0.2) is 0 Å². The highest BCUT2D eigenvalue weighted by atomic mass is 16.5. The molecule has 1 aliphatic heterocycles. The van der Waals surface area contributed by atoms with Crippen LogP contribution in [0.2, 0.25) is 0 Å². The molecule has 22 heavy (non-hydrogen) atoms. The fourth-order valence-corrected chi connectivity index (χ4v) is 3.45. The summed E-state index contributed by atoms with van der Waals surface area (Å²) in [6.45, 7) is 1.80. The second-order valence-corrected chi connectivity index (χ2v) is 6.43. The highest BCUT2D eigenvalue weighted by Crippen LogP contribution is 2.27. The summed E-state index contributed by atoms with van der Waals surface area (Å²) < 4.78 is 6.28. The average Bonchev–Trinajstić information content (AvgIpc) is 2.55. The van der Waals surface area contributed by atoms with Crippen LogP contribution >= 0.6 is 0 Å². The number of ether oxygens (including phenoxy) is 1. The number of nitrogens with one attached hydrogen (secondary N) is 1. The number of hydrogen-bond donors (Lipinski definition) is 1. The number of carbonyl (C=O) groups is 1. The van der Waals surface area contributed by atoms with Gasteiger partial charge in [0, 0.05) is 19.6 Å². The Morgan fingerprint density at radius 1 is 1.14 bits per heavy atom. The van der Waals surface area contributed by atoms with Crippen molar-refractivity contribution in [3.8, 4) is 5.75 Å². The summed E-state index contributed by atoms with van der Waals surface area (Å²) in [6, 6.07) is 8.08. The Labute approximate surface area is 132 Å². The van der Waals surface area contributed by atoms with E-state index in [2.05, 4.69) is 5.32 Å². The van der Waals surface area contributed by atoms with Crippen molar-refractivity contribution < 1.29 is 9.53 Å². The summed E-state index contributed by atoms with van der Waals surface area (Å²) in [6.07, 6.45) is 7.02. The van der Waals surface area contributed by atoms with Gasteiger partial charge in [-0.05, 0) is 50.8 Å². The average molecular weight is 302 g/mol. The molecular formula is C18H26N2O2. The zero-order valence-electron chi connectivity index (χ0n) is 13.4. The van der Waals surface area contributed by atoms with Crippen LogP contribution in [-0.4, -0.2) is 43.1 Å². The minimum absolute atomic E-state index is 0.0662. The topological polar surface area (TPSA) is 41.6 Å². The maximum Gasteiger partial charge on any atom is 0.257 e. The lowest BCUT2D eigenvalue weighted by Crippen LogP contribution is -2.46. The monoisotopic (exact) mass is 302 g/mol. The van der Waals surface area contributed by atoms with Crippen LogP contribution in [0.15, 0.2) is 24.3 Å². The van der Waals surface area contributed by atoms with Crippen LogP contribution in [0.1, 0.15) is 48.9 Å². The lowest BCUT2D eigenvalue weighted by atomic mass is 9.92. The van der Waals surface area contributed by atoms with Crippen LogP contribution in [0, 0.1) is 0 Å². The molecule has 0 bridgehead atoms. The van der Waals surface area contributed by atoms with Crippen molar-refractivity contribution in [2.45, 2.75) is 50.7 Å². The molecule has 0 aromatic heterocycles. The second-order valence-electron chi connectivity index (χ2n) is 6.43. The van der Waals surface area contributed by atoms with E-state index >= 15 is 0 Å². The Balaban J connectivity index is 1.88.